The van der Waals surface area contributed by atoms with Crippen molar-refractivity contribution in [3.05, 3.63) is 46.2 Å². The zero-order valence-corrected chi connectivity index (χ0v) is 12.3. The van der Waals surface area contributed by atoms with Gasteiger partial charge in [-0.3, -0.25) is 9.59 Å². The first-order chi connectivity index (χ1) is 10.1. The van der Waals surface area contributed by atoms with E-state index in [1.54, 1.807) is 6.07 Å². The summed E-state index contributed by atoms with van der Waals surface area (Å²) in [6.45, 7) is 2.74. The monoisotopic (exact) mass is 306 g/mol. The molecule has 0 unspecified atom stereocenters. The average Bonchev–Trinajstić information content (AvgIpc) is 2.48. The normalized spacial score (nSPS) is 10.4. The van der Waals surface area contributed by atoms with E-state index >= 15 is 0 Å². The molecule has 110 valence electrons. The number of carbonyl (C=O) groups is 1. The highest BCUT2D eigenvalue weighted by atomic mass is 35.5. The third-order valence-corrected chi connectivity index (χ3v) is 3.12. The Hall–Kier alpha value is -2.14. The number of unbranched alkanes of at least 4 members (excludes halogenated alkanes) is 1. The fraction of sp³-hybridized carbons (Fsp3) is 0.267. The second kappa shape index (κ2) is 7.04. The number of rotatable bonds is 6. The maximum Gasteiger partial charge on any atom is 0.276 e. The summed E-state index contributed by atoms with van der Waals surface area (Å²) in [6.07, 6.45) is 2.04. The summed E-state index contributed by atoms with van der Waals surface area (Å²) in [7, 11) is 0. The number of halogens is 1. The molecule has 1 heterocycles. The lowest BCUT2D eigenvalue weighted by Crippen LogP contribution is -2.16. The molecule has 21 heavy (non-hydrogen) atoms. The zero-order valence-electron chi connectivity index (χ0n) is 11.6. The molecule has 0 saturated carbocycles. The lowest BCUT2D eigenvalue weighted by Gasteiger charge is -2.07. The van der Waals surface area contributed by atoms with Gasteiger partial charge in [0, 0.05) is 5.56 Å². The number of carbonyl (C=O) groups excluding carboxylic acids is 1. The van der Waals surface area contributed by atoms with Crippen molar-refractivity contribution in [2.75, 3.05) is 6.61 Å². The molecule has 0 atom stereocenters. The minimum atomic E-state index is -0.810. The van der Waals surface area contributed by atoms with E-state index in [2.05, 4.69) is 17.1 Å². The molecular weight excluding hydrogens is 292 g/mol. The maximum atomic E-state index is 11.4. The van der Waals surface area contributed by atoms with Crippen molar-refractivity contribution in [2.24, 2.45) is 0 Å². The average molecular weight is 307 g/mol. The Labute approximate surface area is 126 Å². The summed E-state index contributed by atoms with van der Waals surface area (Å²) in [5.41, 5.74) is 0.465. The molecule has 0 amide bonds. The number of benzene rings is 1. The molecule has 5 nitrogen and oxygen atoms in total. The molecule has 0 saturated heterocycles. The number of nitrogens with one attached hydrogen (secondary N) is 1. The van der Waals surface area contributed by atoms with Crippen molar-refractivity contribution < 1.29 is 9.53 Å². The summed E-state index contributed by atoms with van der Waals surface area (Å²) >= 11 is 5.37. The lowest BCUT2D eigenvalue weighted by molar-refractivity contribution is 0.108. The summed E-state index contributed by atoms with van der Waals surface area (Å²) in [4.78, 5) is 22.6. The van der Waals surface area contributed by atoms with Gasteiger partial charge in [-0.2, -0.15) is 5.10 Å². The minimum absolute atomic E-state index is 0.126. The van der Waals surface area contributed by atoms with Gasteiger partial charge in [0.15, 0.2) is 0 Å². The SMILES string of the molecule is CCCCOc1cccc(-c2cc(C(=O)Cl)c(=O)[nH]n2)c1. The molecule has 0 fully saturated rings. The summed E-state index contributed by atoms with van der Waals surface area (Å²) in [6, 6.07) is 8.66. The fourth-order valence-electron chi connectivity index (χ4n) is 1.78. The van der Waals surface area contributed by atoms with Gasteiger partial charge in [0.25, 0.3) is 10.8 Å². The molecule has 0 aliphatic heterocycles. The third kappa shape index (κ3) is 3.92. The van der Waals surface area contributed by atoms with Crippen LogP contribution in [0.3, 0.4) is 0 Å². The highest BCUT2D eigenvalue weighted by Gasteiger charge is 2.11. The molecule has 0 bridgehead atoms. The molecule has 0 aliphatic carbocycles. The van der Waals surface area contributed by atoms with Gasteiger partial charge < -0.3 is 4.74 Å². The lowest BCUT2D eigenvalue weighted by atomic mass is 10.1. The van der Waals surface area contributed by atoms with Crippen molar-refractivity contribution in [2.45, 2.75) is 19.8 Å². The number of hydrogen-bond acceptors (Lipinski definition) is 4. The highest BCUT2D eigenvalue weighted by Crippen LogP contribution is 2.22. The first kappa shape index (κ1) is 15.3. The van der Waals surface area contributed by atoms with E-state index in [4.69, 9.17) is 16.3 Å². The Bertz CT molecular complexity index is 697. The van der Waals surface area contributed by atoms with Crippen LogP contribution in [0.25, 0.3) is 11.3 Å². The maximum absolute atomic E-state index is 11.4. The third-order valence-electron chi connectivity index (χ3n) is 2.91. The van der Waals surface area contributed by atoms with Crippen LogP contribution in [-0.2, 0) is 0 Å². The smallest absolute Gasteiger partial charge is 0.276 e. The number of aromatic nitrogens is 2. The molecule has 1 N–H and O–H groups in total. The fourth-order valence-corrected chi connectivity index (χ4v) is 1.92. The van der Waals surface area contributed by atoms with Crippen LogP contribution < -0.4 is 10.3 Å². The van der Waals surface area contributed by atoms with E-state index in [-0.39, 0.29) is 5.56 Å². The zero-order chi connectivity index (χ0) is 15.2. The van der Waals surface area contributed by atoms with Crippen LogP contribution in [0.15, 0.2) is 35.1 Å². The molecule has 0 aliphatic rings. The van der Waals surface area contributed by atoms with Crippen molar-refractivity contribution in [3.63, 3.8) is 0 Å². The van der Waals surface area contributed by atoms with E-state index < -0.39 is 10.8 Å². The van der Waals surface area contributed by atoms with Crippen LogP contribution >= 0.6 is 11.6 Å². The second-order valence-corrected chi connectivity index (χ2v) is 4.84. The van der Waals surface area contributed by atoms with Gasteiger partial charge in [-0.05, 0) is 36.2 Å². The summed E-state index contributed by atoms with van der Waals surface area (Å²) in [5, 5.41) is 5.38. The predicted octanol–water partition coefficient (Wildman–Crippen LogP) is 2.99. The highest BCUT2D eigenvalue weighted by molar-refractivity contribution is 6.67. The van der Waals surface area contributed by atoms with Gasteiger partial charge >= 0.3 is 0 Å². The van der Waals surface area contributed by atoms with Gasteiger partial charge in [0.2, 0.25) is 0 Å². The molecule has 0 radical (unpaired) electrons. The van der Waals surface area contributed by atoms with E-state index in [0.717, 1.165) is 18.4 Å². The molecular formula is C15H15ClN2O3. The Morgan fingerprint density at radius 3 is 2.90 bits per heavy atom. The number of aromatic amines is 1. The van der Waals surface area contributed by atoms with Crippen molar-refractivity contribution in [1.82, 2.24) is 10.2 Å². The number of H-pyrrole nitrogens is 1. The van der Waals surface area contributed by atoms with Crippen LogP contribution in [0.4, 0.5) is 0 Å². The first-order valence-electron chi connectivity index (χ1n) is 6.64. The standard InChI is InChI=1S/C15H15ClN2O3/c1-2-3-7-21-11-6-4-5-10(8-11)13-9-12(14(16)19)15(20)18-17-13/h4-6,8-9H,2-3,7H2,1H3,(H,18,20). The van der Waals surface area contributed by atoms with Crippen LogP contribution in [0.1, 0.15) is 30.1 Å². The van der Waals surface area contributed by atoms with E-state index in [1.807, 2.05) is 18.2 Å². The van der Waals surface area contributed by atoms with Crippen LogP contribution in [0.2, 0.25) is 0 Å². The van der Waals surface area contributed by atoms with Gasteiger partial charge in [0.05, 0.1) is 12.3 Å². The van der Waals surface area contributed by atoms with Gasteiger partial charge in [0.1, 0.15) is 11.3 Å². The van der Waals surface area contributed by atoms with Gasteiger partial charge in [-0.1, -0.05) is 25.5 Å². The quantitative estimate of drug-likeness (QED) is 0.658. The minimum Gasteiger partial charge on any atom is -0.494 e. The largest absolute Gasteiger partial charge is 0.494 e. The summed E-state index contributed by atoms with van der Waals surface area (Å²) in [5.74, 6) is 0.715. The number of ether oxygens (including phenoxy) is 1. The van der Waals surface area contributed by atoms with E-state index in [9.17, 15) is 9.59 Å². The van der Waals surface area contributed by atoms with Crippen molar-refractivity contribution in [1.29, 1.82) is 0 Å². The molecule has 0 spiro atoms. The Balaban J connectivity index is 2.29. The first-order valence-corrected chi connectivity index (χ1v) is 7.02. The Morgan fingerprint density at radius 1 is 1.38 bits per heavy atom. The Kier molecular flexibility index (Phi) is 5.11. The van der Waals surface area contributed by atoms with E-state index in [0.29, 0.717) is 18.1 Å². The van der Waals surface area contributed by atoms with Crippen LogP contribution in [0, 0.1) is 0 Å². The van der Waals surface area contributed by atoms with Crippen molar-refractivity contribution in [3.8, 4) is 17.0 Å². The molecule has 2 aromatic rings. The van der Waals surface area contributed by atoms with Gasteiger partial charge in [-0.15, -0.1) is 0 Å². The molecule has 6 heteroatoms. The summed E-state index contributed by atoms with van der Waals surface area (Å²) < 4.78 is 5.62. The van der Waals surface area contributed by atoms with Crippen LogP contribution in [-0.4, -0.2) is 22.0 Å². The van der Waals surface area contributed by atoms with E-state index in [1.165, 1.54) is 6.07 Å². The Morgan fingerprint density at radius 2 is 2.19 bits per heavy atom. The number of hydrogen-bond donors (Lipinski definition) is 1. The number of nitrogens with zero attached hydrogens (tertiary/aromatic N) is 1. The topological polar surface area (TPSA) is 72.1 Å². The predicted molar refractivity (Wildman–Crippen MR) is 80.9 cm³/mol. The molecule has 2 rings (SSSR count). The molecule has 1 aromatic heterocycles. The van der Waals surface area contributed by atoms with Crippen LogP contribution in [0.5, 0.6) is 5.75 Å². The van der Waals surface area contributed by atoms with Gasteiger partial charge in [-0.25, -0.2) is 5.10 Å². The van der Waals surface area contributed by atoms with Crippen molar-refractivity contribution >= 4 is 16.8 Å². The molecule has 1 aromatic carbocycles. The second-order valence-electron chi connectivity index (χ2n) is 4.50.